The van der Waals surface area contributed by atoms with Gasteiger partial charge in [0.05, 0.1) is 15.5 Å². The van der Waals surface area contributed by atoms with Crippen molar-refractivity contribution in [3.05, 3.63) is 45.1 Å². The lowest BCUT2D eigenvalue weighted by Gasteiger charge is -2.03. The molecule has 0 aliphatic carbocycles. The number of pyridine rings is 1. The van der Waals surface area contributed by atoms with E-state index in [1.54, 1.807) is 0 Å². The second kappa shape index (κ2) is 3.99. The number of halogens is 1. The molecule has 1 aromatic heterocycles. The highest BCUT2D eigenvalue weighted by atomic mass is 35.5. The summed E-state index contributed by atoms with van der Waals surface area (Å²) in [7, 11) is 0. The van der Waals surface area contributed by atoms with E-state index in [0.29, 0.717) is 5.39 Å². The molecule has 0 unspecified atom stereocenters. The molecule has 1 heterocycles. The van der Waals surface area contributed by atoms with Crippen LogP contribution in [0.25, 0.3) is 10.9 Å². The summed E-state index contributed by atoms with van der Waals surface area (Å²) < 4.78 is 0. The Bertz CT molecular complexity index is 641. The maximum Gasteiger partial charge on any atom is 0.339 e. The largest absolute Gasteiger partial charge is 0.478 e. The number of hydrogen-bond acceptors (Lipinski definition) is 4. The van der Waals surface area contributed by atoms with Crippen molar-refractivity contribution in [2.24, 2.45) is 0 Å². The fourth-order valence-corrected chi connectivity index (χ4v) is 1.70. The maximum absolute atomic E-state index is 11.0. The molecule has 2 aromatic rings. The fourth-order valence-electron chi connectivity index (χ4n) is 1.47. The van der Waals surface area contributed by atoms with E-state index in [9.17, 15) is 14.9 Å². The average Bonchev–Trinajstić information content (AvgIpc) is 2.27. The van der Waals surface area contributed by atoms with E-state index in [-0.39, 0.29) is 21.8 Å². The van der Waals surface area contributed by atoms with Gasteiger partial charge in [-0.3, -0.25) is 10.1 Å². The summed E-state index contributed by atoms with van der Waals surface area (Å²) in [6, 6.07) is 4.12. The van der Waals surface area contributed by atoms with Crippen LogP contribution in [0.5, 0.6) is 0 Å². The number of hydrogen-bond donors (Lipinski definition) is 1. The van der Waals surface area contributed by atoms with Crippen LogP contribution < -0.4 is 0 Å². The average molecular weight is 253 g/mol. The topological polar surface area (TPSA) is 93.3 Å². The van der Waals surface area contributed by atoms with E-state index in [4.69, 9.17) is 16.7 Å². The molecular weight excluding hydrogens is 248 g/mol. The lowest BCUT2D eigenvalue weighted by Crippen LogP contribution is -2.01. The van der Waals surface area contributed by atoms with Crippen LogP contribution in [0.15, 0.2) is 24.4 Å². The van der Waals surface area contributed by atoms with E-state index in [2.05, 4.69) is 4.98 Å². The van der Waals surface area contributed by atoms with E-state index < -0.39 is 10.9 Å². The first-order valence-corrected chi connectivity index (χ1v) is 4.84. The van der Waals surface area contributed by atoms with Gasteiger partial charge in [0.1, 0.15) is 11.8 Å². The summed E-state index contributed by atoms with van der Waals surface area (Å²) in [5.41, 5.74) is -0.217. The molecule has 2 rings (SSSR count). The molecule has 0 aliphatic heterocycles. The molecule has 0 saturated heterocycles. The number of nitro groups is 1. The van der Waals surface area contributed by atoms with E-state index >= 15 is 0 Å². The minimum Gasteiger partial charge on any atom is -0.478 e. The molecule has 0 spiro atoms. The molecular formula is C10H5ClN2O4. The van der Waals surface area contributed by atoms with Gasteiger partial charge in [-0.05, 0) is 6.07 Å². The first-order valence-electron chi connectivity index (χ1n) is 4.46. The molecule has 6 nitrogen and oxygen atoms in total. The van der Waals surface area contributed by atoms with Gasteiger partial charge in [-0.1, -0.05) is 17.7 Å². The zero-order chi connectivity index (χ0) is 12.6. The zero-order valence-electron chi connectivity index (χ0n) is 8.25. The first kappa shape index (κ1) is 11.3. The number of fused-ring (bicyclic) bond motifs is 1. The Morgan fingerprint density at radius 3 is 2.76 bits per heavy atom. The van der Waals surface area contributed by atoms with Crippen molar-refractivity contribution in [1.29, 1.82) is 0 Å². The molecule has 1 N–H and O–H groups in total. The SMILES string of the molecule is O=C(O)c1c(Cl)ccc2cc([N+](=O)[O-])cnc12. The third kappa shape index (κ3) is 1.90. The number of nitrogens with zero attached hydrogens (tertiary/aromatic N) is 2. The molecule has 0 atom stereocenters. The Morgan fingerprint density at radius 2 is 2.18 bits per heavy atom. The fraction of sp³-hybridized carbons (Fsp3) is 0. The van der Waals surface area contributed by atoms with Crippen molar-refractivity contribution >= 4 is 34.2 Å². The van der Waals surface area contributed by atoms with Gasteiger partial charge in [0.15, 0.2) is 0 Å². The Morgan fingerprint density at radius 1 is 1.47 bits per heavy atom. The number of carboxylic acid groups (broad SMARTS) is 1. The summed E-state index contributed by atoms with van der Waals surface area (Å²) in [5.74, 6) is -1.22. The van der Waals surface area contributed by atoms with E-state index in [1.165, 1.54) is 18.2 Å². The van der Waals surface area contributed by atoms with Crippen LogP contribution in [-0.2, 0) is 0 Å². The number of aromatic nitrogens is 1. The number of aromatic carboxylic acids is 1. The van der Waals surface area contributed by atoms with Gasteiger partial charge in [-0.15, -0.1) is 0 Å². The summed E-state index contributed by atoms with van der Waals surface area (Å²) >= 11 is 5.75. The van der Waals surface area contributed by atoms with Gasteiger partial charge in [0, 0.05) is 11.5 Å². The number of rotatable bonds is 2. The van der Waals surface area contributed by atoms with Crippen LogP contribution in [0, 0.1) is 10.1 Å². The second-order valence-corrected chi connectivity index (χ2v) is 3.66. The normalized spacial score (nSPS) is 10.4. The summed E-state index contributed by atoms with van der Waals surface area (Å²) in [6.45, 7) is 0. The molecule has 0 fully saturated rings. The predicted octanol–water partition coefficient (Wildman–Crippen LogP) is 2.49. The van der Waals surface area contributed by atoms with Crippen molar-refractivity contribution in [3.8, 4) is 0 Å². The summed E-state index contributed by atoms with van der Waals surface area (Å²) in [5, 5.41) is 19.9. The quantitative estimate of drug-likeness (QED) is 0.655. The van der Waals surface area contributed by atoms with Crippen molar-refractivity contribution in [2.75, 3.05) is 0 Å². The van der Waals surface area contributed by atoms with Gasteiger partial charge < -0.3 is 5.11 Å². The molecule has 17 heavy (non-hydrogen) atoms. The van der Waals surface area contributed by atoms with Crippen LogP contribution in [-0.4, -0.2) is 21.0 Å². The highest BCUT2D eigenvalue weighted by Gasteiger charge is 2.16. The molecule has 0 bridgehead atoms. The van der Waals surface area contributed by atoms with Crippen LogP contribution in [0.3, 0.4) is 0 Å². The summed E-state index contributed by atoms with van der Waals surface area (Å²) in [6.07, 6.45) is 1.01. The first-order chi connectivity index (χ1) is 8.00. The molecule has 1 aromatic carbocycles. The Labute approximate surface area is 99.6 Å². The van der Waals surface area contributed by atoms with Crippen LogP contribution in [0.4, 0.5) is 5.69 Å². The highest BCUT2D eigenvalue weighted by molar-refractivity contribution is 6.35. The third-order valence-electron chi connectivity index (χ3n) is 2.21. The second-order valence-electron chi connectivity index (χ2n) is 3.25. The minimum atomic E-state index is -1.22. The third-order valence-corrected chi connectivity index (χ3v) is 2.53. The van der Waals surface area contributed by atoms with Crippen molar-refractivity contribution < 1.29 is 14.8 Å². The number of benzene rings is 1. The molecule has 0 aliphatic rings. The molecule has 86 valence electrons. The Kier molecular flexibility index (Phi) is 2.64. The van der Waals surface area contributed by atoms with Gasteiger partial charge in [-0.2, -0.15) is 0 Å². The monoisotopic (exact) mass is 252 g/mol. The lowest BCUT2D eigenvalue weighted by molar-refractivity contribution is -0.385. The van der Waals surface area contributed by atoms with E-state index in [0.717, 1.165) is 6.20 Å². The number of carbonyl (C=O) groups is 1. The summed E-state index contributed by atoms with van der Waals surface area (Å²) in [4.78, 5) is 24.7. The highest BCUT2D eigenvalue weighted by Crippen LogP contribution is 2.26. The molecule has 0 saturated carbocycles. The van der Waals surface area contributed by atoms with Crippen LogP contribution in [0.2, 0.25) is 5.02 Å². The van der Waals surface area contributed by atoms with E-state index in [1.807, 2.05) is 0 Å². The zero-order valence-corrected chi connectivity index (χ0v) is 9.01. The van der Waals surface area contributed by atoms with Gasteiger partial charge in [0.25, 0.3) is 5.69 Å². The maximum atomic E-state index is 11.0. The van der Waals surface area contributed by atoms with Gasteiger partial charge in [-0.25, -0.2) is 9.78 Å². The van der Waals surface area contributed by atoms with Crippen LogP contribution in [0.1, 0.15) is 10.4 Å². The smallest absolute Gasteiger partial charge is 0.339 e. The van der Waals surface area contributed by atoms with Crippen LogP contribution >= 0.6 is 11.6 Å². The van der Waals surface area contributed by atoms with Gasteiger partial charge >= 0.3 is 5.97 Å². The van der Waals surface area contributed by atoms with Crippen molar-refractivity contribution in [3.63, 3.8) is 0 Å². The molecule has 0 radical (unpaired) electrons. The lowest BCUT2D eigenvalue weighted by atomic mass is 10.1. The van der Waals surface area contributed by atoms with Gasteiger partial charge in [0.2, 0.25) is 0 Å². The predicted molar refractivity (Wildman–Crippen MR) is 60.4 cm³/mol. The standard InChI is InChI=1S/C10H5ClN2O4/c11-7-2-1-5-3-6(13(16)17)4-12-9(5)8(7)10(14)15/h1-4H,(H,14,15). The molecule has 0 amide bonds. The van der Waals surface area contributed by atoms with Crippen molar-refractivity contribution in [2.45, 2.75) is 0 Å². The number of carboxylic acids is 1. The Hall–Kier alpha value is -2.21. The minimum absolute atomic E-state index is 0.0475. The van der Waals surface area contributed by atoms with Crippen molar-refractivity contribution in [1.82, 2.24) is 4.98 Å². The Balaban J connectivity index is 2.79. The molecule has 7 heteroatoms.